The Hall–Kier alpha value is -0.150. The molecule has 1 aliphatic heterocycles. The smallest absolute Gasteiger partial charge is 0.189 e. The van der Waals surface area contributed by atoms with Gasteiger partial charge in [-0.3, -0.25) is 4.90 Å². The zero-order valence-corrected chi connectivity index (χ0v) is 5.48. The number of alkyl halides is 1. The molecule has 0 N–H and O–H groups in total. The maximum Gasteiger partial charge on any atom is 0.189 e. The highest BCUT2D eigenvalue weighted by Crippen LogP contribution is 2.05. The van der Waals surface area contributed by atoms with Gasteiger partial charge in [0.2, 0.25) is 0 Å². The summed E-state index contributed by atoms with van der Waals surface area (Å²) in [6.45, 7) is 1.95. The van der Waals surface area contributed by atoms with Crippen molar-refractivity contribution in [3.63, 3.8) is 0 Å². The minimum atomic E-state index is -0.656. The molecule has 1 saturated heterocycles. The van der Waals surface area contributed by atoms with Gasteiger partial charge in [0.05, 0.1) is 0 Å². The molecule has 0 spiro atoms. The molecular formula is C6H12FNO. The highest BCUT2D eigenvalue weighted by atomic mass is 19.1. The Labute approximate surface area is 54.6 Å². The predicted octanol–water partition coefficient (Wildman–Crippen LogP) is 0.983. The van der Waals surface area contributed by atoms with Gasteiger partial charge in [0.15, 0.2) is 6.86 Å². The maximum atomic E-state index is 11.4. The lowest BCUT2D eigenvalue weighted by Crippen LogP contribution is -2.22. The van der Waals surface area contributed by atoms with Crippen molar-refractivity contribution in [2.24, 2.45) is 0 Å². The molecule has 0 radical (unpaired) electrons. The third kappa shape index (κ3) is 2.28. The fourth-order valence-electron chi connectivity index (χ4n) is 1.08. The van der Waals surface area contributed by atoms with Gasteiger partial charge in [0, 0.05) is 13.1 Å². The fourth-order valence-corrected chi connectivity index (χ4v) is 1.08. The lowest BCUT2D eigenvalue weighted by molar-refractivity contribution is -0.00672. The van der Waals surface area contributed by atoms with Gasteiger partial charge in [-0.05, 0) is 12.8 Å². The Morgan fingerprint density at radius 3 is 2.56 bits per heavy atom. The van der Waals surface area contributed by atoms with Crippen LogP contribution >= 0.6 is 0 Å². The van der Waals surface area contributed by atoms with E-state index in [0.717, 1.165) is 13.1 Å². The molecule has 0 atom stereocenters. The van der Waals surface area contributed by atoms with Gasteiger partial charge in [-0.1, -0.05) is 0 Å². The first kappa shape index (κ1) is 6.96. The Balaban J connectivity index is 1.98. The second-order valence-electron chi connectivity index (χ2n) is 2.27. The van der Waals surface area contributed by atoms with Crippen LogP contribution in [0.15, 0.2) is 0 Å². The summed E-state index contributed by atoms with van der Waals surface area (Å²) in [5, 5.41) is 0. The minimum Gasteiger partial charge on any atom is -0.335 e. The number of halogens is 1. The molecule has 1 aliphatic rings. The van der Waals surface area contributed by atoms with E-state index in [-0.39, 0.29) is 0 Å². The third-order valence-corrected chi connectivity index (χ3v) is 1.55. The molecular weight excluding hydrogens is 121 g/mol. The first-order valence-electron chi connectivity index (χ1n) is 3.29. The van der Waals surface area contributed by atoms with Crippen LogP contribution in [0.3, 0.4) is 0 Å². The average Bonchev–Trinajstić information content (AvgIpc) is 2.34. The third-order valence-electron chi connectivity index (χ3n) is 1.55. The van der Waals surface area contributed by atoms with Crippen LogP contribution in [-0.4, -0.2) is 31.6 Å². The first-order chi connectivity index (χ1) is 4.43. The van der Waals surface area contributed by atoms with Crippen LogP contribution in [0.1, 0.15) is 12.8 Å². The number of nitrogens with zero attached hydrogens (tertiary/aromatic N) is 1. The molecule has 0 unspecified atom stereocenters. The number of rotatable bonds is 3. The van der Waals surface area contributed by atoms with E-state index >= 15 is 0 Å². The minimum absolute atomic E-state index is 0.469. The van der Waals surface area contributed by atoms with Crippen molar-refractivity contribution >= 4 is 0 Å². The number of likely N-dealkylation sites (tertiary alicyclic amines) is 1. The van der Waals surface area contributed by atoms with Crippen molar-refractivity contribution in [2.75, 3.05) is 26.7 Å². The van der Waals surface area contributed by atoms with Crippen LogP contribution in [-0.2, 0) is 4.74 Å². The van der Waals surface area contributed by atoms with Crippen LogP contribution in [0.5, 0.6) is 0 Å². The van der Waals surface area contributed by atoms with Gasteiger partial charge in [-0.2, -0.15) is 0 Å². The fraction of sp³-hybridized carbons (Fsp3) is 1.00. The van der Waals surface area contributed by atoms with E-state index in [1.807, 2.05) is 0 Å². The standard InChI is InChI=1S/C6H12FNO/c7-5-9-6-8-3-1-2-4-8/h1-6H2. The number of hydrogen-bond acceptors (Lipinski definition) is 2. The predicted molar refractivity (Wildman–Crippen MR) is 32.7 cm³/mol. The molecule has 0 saturated carbocycles. The quantitative estimate of drug-likeness (QED) is 0.569. The Morgan fingerprint density at radius 2 is 2.00 bits per heavy atom. The lowest BCUT2D eigenvalue weighted by atomic mass is 10.4. The Bertz CT molecular complexity index is 73.5. The average molecular weight is 133 g/mol. The molecule has 0 bridgehead atoms. The van der Waals surface area contributed by atoms with E-state index in [0.29, 0.717) is 6.73 Å². The van der Waals surface area contributed by atoms with Crippen LogP contribution < -0.4 is 0 Å². The van der Waals surface area contributed by atoms with Crippen LogP contribution in [0.4, 0.5) is 4.39 Å². The summed E-state index contributed by atoms with van der Waals surface area (Å²) in [5.74, 6) is 0. The molecule has 1 heterocycles. The van der Waals surface area contributed by atoms with Gasteiger partial charge >= 0.3 is 0 Å². The number of ether oxygens (including phenoxy) is 1. The Morgan fingerprint density at radius 1 is 1.33 bits per heavy atom. The van der Waals surface area contributed by atoms with Crippen LogP contribution in [0, 0.1) is 0 Å². The SMILES string of the molecule is FCOCN1CCCC1. The molecule has 1 rings (SSSR count). The van der Waals surface area contributed by atoms with Gasteiger partial charge in [-0.25, -0.2) is 4.39 Å². The summed E-state index contributed by atoms with van der Waals surface area (Å²) in [6, 6.07) is 0. The molecule has 0 aromatic heterocycles. The van der Waals surface area contributed by atoms with E-state index in [1.54, 1.807) is 0 Å². The molecule has 0 aliphatic carbocycles. The van der Waals surface area contributed by atoms with E-state index in [9.17, 15) is 4.39 Å². The molecule has 0 amide bonds. The van der Waals surface area contributed by atoms with Gasteiger partial charge in [0.1, 0.15) is 6.73 Å². The number of hydrogen-bond donors (Lipinski definition) is 0. The van der Waals surface area contributed by atoms with E-state index in [4.69, 9.17) is 0 Å². The normalized spacial score (nSPS) is 21.0. The maximum absolute atomic E-state index is 11.4. The van der Waals surface area contributed by atoms with Gasteiger partial charge in [-0.15, -0.1) is 0 Å². The van der Waals surface area contributed by atoms with Crippen molar-refractivity contribution in [1.82, 2.24) is 4.90 Å². The monoisotopic (exact) mass is 133 g/mol. The zero-order valence-electron chi connectivity index (χ0n) is 5.48. The van der Waals surface area contributed by atoms with Crippen molar-refractivity contribution in [1.29, 1.82) is 0 Å². The van der Waals surface area contributed by atoms with Crippen LogP contribution in [0.25, 0.3) is 0 Å². The summed E-state index contributed by atoms with van der Waals surface area (Å²) < 4.78 is 16.0. The molecule has 0 aromatic rings. The summed E-state index contributed by atoms with van der Waals surface area (Å²) in [4.78, 5) is 2.11. The molecule has 2 nitrogen and oxygen atoms in total. The first-order valence-corrected chi connectivity index (χ1v) is 3.29. The summed E-state index contributed by atoms with van der Waals surface area (Å²) in [5.41, 5.74) is 0. The molecule has 54 valence electrons. The van der Waals surface area contributed by atoms with E-state index in [2.05, 4.69) is 9.64 Å². The largest absolute Gasteiger partial charge is 0.335 e. The van der Waals surface area contributed by atoms with Crippen LogP contribution in [0.2, 0.25) is 0 Å². The summed E-state index contributed by atoms with van der Waals surface area (Å²) >= 11 is 0. The van der Waals surface area contributed by atoms with Crippen molar-refractivity contribution < 1.29 is 9.13 Å². The van der Waals surface area contributed by atoms with E-state index < -0.39 is 6.86 Å². The highest BCUT2D eigenvalue weighted by molar-refractivity contribution is 4.61. The molecule has 3 heteroatoms. The molecule has 9 heavy (non-hydrogen) atoms. The second-order valence-corrected chi connectivity index (χ2v) is 2.27. The van der Waals surface area contributed by atoms with E-state index in [1.165, 1.54) is 12.8 Å². The molecule has 0 aromatic carbocycles. The van der Waals surface area contributed by atoms with Gasteiger partial charge < -0.3 is 4.74 Å². The summed E-state index contributed by atoms with van der Waals surface area (Å²) in [7, 11) is 0. The van der Waals surface area contributed by atoms with Crippen molar-refractivity contribution in [3.05, 3.63) is 0 Å². The highest BCUT2D eigenvalue weighted by Gasteiger charge is 2.09. The summed E-state index contributed by atoms with van der Waals surface area (Å²) in [6.07, 6.45) is 2.46. The Kier molecular flexibility index (Phi) is 2.94. The molecule has 1 fully saturated rings. The van der Waals surface area contributed by atoms with Gasteiger partial charge in [0.25, 0.3) is 0 Å². The topological polar surface area (TPSA) is 12.5 Å². The zero-order chi connectivity index (χ0) is 6.53. The second kappa shape index (κ2) is 3.80. The van der Waals surface area contributed by atoms with Crippen molar-refractivity contribution in [3.8, 4) is 0 Å². The van der Waals surface area contributed by atoms with Crippen molar-refractivity contribution in [2.45, 2.75) is 12.8 Å². The lowest BCUT2D eigenvalue weighted by Gasteiger charge is -2.11.